The fourth-order valence-electron chi connectivity index (χ4n) is 2.47. The van der Waals surface area contributed by atoms with Crippen LogP contribution in [0.5, 0.6) is 0 Å². The van der Waals surface area contributed by atoms with Crippen LogP contribution in [0, 0.1) is 11.7 Å². The Morgan fingerprint density at radius 3 is 2.71 bits per heavy atom. The van der Waals surface area contributed by atoms with Crippen molar-refractivity contribution in [1.82, 2.24) is 4.90 Å². The SMILES string of the molecule is CC1CC(C)N(C(=O)c2ccc(F)cc2N)C1. The molecule has 2 atom stereocenters. The summed E-state index contributed by atoms with van der Waals surface area (Å²) in [7, 11) is 0. The smallest absolute Gasteiger partial charge is 0.256 e. The summed E-state index contributed by atoms with van der Waals surface area (Å²) in [6.45, 7) is 4.90. The van der Waals surface area contributed by atoms with Crippen LogP contribution in [0.25, 0.3) is 0 Å². The Bertz CT molecular complexity index is 447. The molecule has 0 aliphatic carbocycles. The van der Waals surface area contributed by atoms with E-state index >= 15 is 0 Å². The molecule has 1 fully saturated rings. The van der Waals surface area contributed by atoms with E-state index in [4.69, 9.17) is 5.73 Å². The van der Waals surface area contributed by atoms with Gasteiger partial charge in [-0.05, 0) is 37.5 Å². The zero-order valence-corrected chi connectivity index (χ0v) is 10.1. The first-order valence-electron chi connectivity index (χ1n) is 5.85. The lowest BCUT2D eigenvalue weighted by Crippen LogP contribution is -2.34. The molecule has 4 heteroatoms. The van der Waals surface area contributed by atoms with Crippen molar-refractivity contribution in [3.05, 3.63) is 29.6 Å². The number of likely N-dealkylation sites (tertiary alicyclic amines) is 1. The average Bonchev–Trinajstić information content (AvgIpc) is 2.57. The molecule has 0 bridgehead atoms. The molecule has 2 N–H and O–H groups in total. The minimum absolute atomic E-state index is 0.0978. The van der Waals surface area contributed by atoms with Crippen LogP contribution in [-0.4, -0.2) is 23.4 Å². The zero-order valence-electron chi connectivity index (χ0n) is 10.1. The molecule has 2 unspecified atom stereocenters. The molecule has 3 nitrogen and oxygen atoms in total. The van der Waals surface area contributed by atoms with E-state index in [9.17, 15) is 9.18 Å². The van der Waals surface area contributed by atoms with Crippen LogP contribution in [-0.2, 0) is 0 Å². The number of rotatable bonds is 1. The van der Waals surface area contributed by atoms with E-state index in [-0.39, 0.29) is 17.6 Å². The van der Waals surface area contributed by atoms with E-state index in [1.165, 1.54) is 18.2 Å². The van der Waals surface area contributed by atoms with E-state index in [1.807, 2.05) is 11.8 Å². The predicted octanol–water partition coefficient (Wildman–Crippen LogP) is 2.28. The maximum atomic E-state index is 12.9. The van der Waals surface area contributed by atoms with E-state index in [0.717, 1.165) is 13.0 Å². The van der Waals surface area contributed by atoms with Crippen molar-refractivity contribution >= 4 is 11.6 Å². The van der Waals surface area contributed by atoms with E-state index in [1.54, 1.807) is 0 Å². The van der Waals surface area contributed by atoms with Gasteiger partial charge in [-0.3, -0.25) is 4.79 Å². The first-order valence-corrected chi connectivity index (χ1v) is 5.85. The largest absolute Gasteiger partial charge is 0.398 e. The number of carbonyl (C=O) groups excluding carboxylic acids is 1. The molecule has 1 saturated heterocycles. The van der Waals surface area contributed by atoms with Crippen LogP contribution in [0.1, 0.15) is 30.6 Å². The van der Waals surface area contributed by atoms with Crippen molar-refractivity contribution in [3.8, 4) is 0 Å². The minimum Gasteiger partial charge on any atom is -0.398 e. The van der Waals surface area contributed by atoms with Crippen molar-refractivity contribution in [1.29, 1.82) is 0 Å². The summed E-state index contributed by atoms with van der Waals surface area (Å²) in [6, 6.07) is 4.15. The predicted molar refractivity (Wildman–Crippen MR) is 65.1 cm³/mol. The lowest BCUT2D eigenvalue weighted by atomic mass is 10.1. The number of anilines is 1. The summed E-state index contributed by atoms with van der Waals surface area (Å²) in [4.78, 5) is 14.1. The first-order chi connectivity index (χ1) is 7.99. The fraction of sp³-hybridized carbons (Fsp3) is 0.462. The second-order valence-electron chi connectivity index (χ2n) is 4.88. The Balaban J connectivity index is 2.25. The van der Waals surface area contributed by atoms with Gasteiger partial charge in [-0.25, -0.2) is 4.39 Å². The van der Waals surface area contributed by atoms with Crippen LogP contribution < -0.4 is 5.73 Å². The van der Waals surface area contributed by atoms with Gasteiger partial charge in [0.25, 0.3) is 5.91 Å². The molecule has 1 aromatic carbocycles. The maximum Gasteiger partial charge on any atom is 0.256 e. The Morgan fingerprint density at radius 1 is 1.47 bits per heavy atom. The molecule has 0 radical (unpaired) electrons. The Morgan fingerprint density at radius 2 is 2.18 bits per heavy atom. The van der Waals surface area contributed by atoms with Gasteiger partial charge in [0.2, 0.25) is 0 Å². The number of amides is 1. The molecule has 1 amide bonds. The van der Waals surface area contributed by atoms with Crippen molar-refractivity contribution in [2.45, 2.75) is 26.3 Å². The van der Waals surface area contributed by atoms with Gasteiger partial charge in [0.05, 0.1) is 5.56 Å². The van der Waals surface area contributed by atoms with Crippen molar-refractivity contribution in [2.24, 2.45) is 5.92 Å². The monoisotopic (exact) mass is 236 g/mol. The molecule has 1 aliphatic heterocycles. The number of hydrogen-bond donors (Lipinski definition) is 1. The molecular formula is C13H17FN2O. The quantitative estimate of drug-likeness (QED) is 0.760. The van der Waals surface area contributed by atoms with E-state index in [2.05, 4.69) is 6.92 Å². The number of nitrogens with zero attached hydrogens (tertiary/aromatic N) is 1. The third kappa shape index (κ3) is 2.25. The van der Waals surface area contributed by atoms with E-state index < -0.39 is 5.82 Å². The molecule has 0 saturated carbocycles. The number of nitrogens with two attached hydrogens (primary N) is 1. The molecule has 17 heavy (non-hydrogen) atoms. The van der Waals surface area contributed by atoms with Crippen LogP contribution in [0.2, 0.25) is 0 Å². The van der Waals surface area contributed by atoms with Gasteiger partial charge in [0.15, 0.2) is 0 Å². The van der Waals surface area contributed by atoms with Gasteiger partial charge in [0, 0.05) is 18.3 Å². The zero-order chi connectivity index (χ0) is 12.6. The third-order valence-electron chi connectivity index (χ3n) is 3.29. The molecule has 1 aliphatic rings. The van der Waals surface area contributed by atoms with E-state index in [0.29, 0.717) is 11.5 Å². The Kier molecular flexibility index (Phi) is 3.05. The molecule has 1 aromatic rings. The van der Waals surface area contributed by atoms with Gasteiger partial charge in [-0.1, -0.05) is 6.92 Å². The van der Waals surface area contributed by atoms with Gasteiger partial charge < -0.3 is 10.6 Å². The highest BCUT2D eigenvalue weighted by molar-refractivity contribution is 5.99. The number of benzene rings is 1. The second-order valence-corrected chi connectivity index (χ2v) is 4.88. The highest BCUT2D eigenvalue weighted by atomic mass is 19.1. The second kappa shape index (κ2) is 4.35. The summed E-state index contributed by atoms with van der Waals surface area (Å²) >= 11 is 0. The van der Waals surface area contributed by atoms with Crippen LogP contribution in [0.15, 0.2) is 18.2 Å². The van der Waals surface area contributed by atoms with Crippen LogP contribution in [0.3, 0.4) is 0 Å². The van der Waals surface area contributed by atoms with Gasteiger partial charge in [-0.15, -0.1) is 0 Å². The number of halogens is 1. The highest BCUT2D eigenvalue weighted by Gasteiger charge is 2.31. The Hall–Kier alpha value is -1.58. The number of carbonyl (C=O) groups is 1. The normalized spacial score (nSPS) is 24.1. The first kappa shape index (κ1) is 11.9. The summed E-state index contributed by atoms with van der Waals surface area (Å²) in [5.74, 6) is -0.00291. The summed E-state index contributed by atoms with van der Waals surface area (Å²) in [5.41, 5.74) is 6.29. The molecular weight excluding hydrogens is 219 g/mol. The maximum absolute atomic E-state index is 12.9. The summed E-state index contributed by atoms with van der Waals surface area (Å²) in [5, 5.41) is 0. The third-order valence-corrected chi connectivity index (χ3v) is 3.29. The van der Waals surface area contributed by atoms with Gasteiger partial charge >= 0.3 is 0 Å². The average molecular weight is 236 g/mol. The topological polar surface area (TPSA) is 46.3 Å². The lowest BCUT2D eigenvalue weighted by molar-refractivity contribution is 0.0745. The van der Waals surface area contributed by atoms with Crippen LogP contribution >= 0.6 is 0 Å². The van der Waals surface area contributed by atoms with Gasteiger partial charge in [-0.2, -0.15) is 0 Å². The van der Waals surface area contributed by atoms with Crippen molar-refractivity contribution in [3.63, 3.8) is 0 Å². The van der Waals surface area contributed by atoms with Crippen molar-refractivity contribution in [2.75, 3.05) is 12.3 Å². The summed E-state index contributed by atoms with van der Waals surface area (Å²) < 4.78 is 12.9. The van der Waals surface area contributed by atoms with Crippen LogP contribution in [0.4, 0.5) is 10.1 Å². The minimum atomic E-state index is -0.415. The lowest BCUT2D eigenvalue weighted by Gasteiger charge is -2.22. The molecule has 92 valence electrons. The van der Waals surface area contributed by atoms with Crippen molar-refractivity contribution < 1.29 is 9.18 Å². The standard InChI is InChI=1S/C13H17FN2O/c1-8-5-9(2)16(7-8)13(17)11-4-3-10(14)6-12(11)15/h3-4,6,8-9H,5,7,15H2,1-2H3. The number of nitrogen functional groups attached to an aromatic ring is 1. The molecule has 0 aromatic heterocycles. The fourth-order valence-corrected chi connectivity index (χ4v) is 2.47. The summed E-state index contributed by atoms with van der Waals surface area (Å²) in [6.07, 6.45) is 1.01. The number of hydrogen-bond acceptors (Lipinski definition) is 2. The Labute approximate surface area is 100 Å². The molecule has 1 heterocycles. The molecule has 2 rings (SSSR count). The highest BCUT2D eigenvalue weighted by Crippen LogP contribution is 2.26. The molecule has 0 spiro atoms. The van der Waals surface area contributed by atoms with Gasteiger partial charge in [0.1, 0.15) is 5.82 Å².